The van der Waals surface area contributed by atoms with Crippen LogP contribution in [0.3, 0.4) is 0 Å². The third-order valence-electron chi connectivity index (χ3n) is 2.78. The third kappa shape index (κ3) is 6.27. The lowest BCUT2D eigenvalue weighted by atomic mass is 10.3. The monoisotopic (exact) mass is 370 g/mol. The van der Waals surface area contributed by atoms with Crippen LogP contribution in [-0.2, 0) is 9.59 Å². The number of benzene rings is 2. The average molecular weight is 371 g/mol. The van der Waals surface area contributed by atoms with Crippen molar-refractivity contribution in [2.24, 2.45) is 0 Å². The highest BCUT2D eigenvalue weighted by Gasteiger charge is 2.09. The van der Waals surface area contributed by atoms with Gasteiger partial charge in [-0.15, -0.1) is 0 Å². The lowest BCUT2D eigenvalue weighted by Gasteiger charge is -2.10. The first-order chi connectivity index (χ1) is 11.9. The van der Waals surface area contributed by atoms with Crippen molar-refractivity contribution in [1.82, 2.24) is 10.9 Å². The van der Waals surface area contributed by atoms with Crippen LogP contribution in [0.4, 0.5) is 8.78 Å². The number of hydrogen-bond donors (Lipinski definition) is 2. The Balaban J connectivity index is 1.68. The van der Waals surface area contributed by atoms with Crippen LogP contribution in [0.25, 0.3) is 0 Å². The summed E-state index contributed by atoms with van der Waals surface area (Å²) in [6, 6.07) is 8.56. The number of ether oxygens (including phenoxy) is 2. The zero-order valence-corrected chi connectivity index (χ0v) is 13.5. The van der Waals surface area contributed by atoms with Gasteiger partial charge in [-0.05, 0) is 42.5 Å². The Kier molecular flexibility index (Phi) is 6.53. The van der Waals surface area contributed by atoms with Crippen LogP contribution in [0.15, 0.2) is 42.5 Å². The first-order valence-corrected chi connectivity index (χ1v) is 7.36. The fourth-order valence-corrected chi connectivity index (χ4v) is 1.85. The summed E-state index contributed by atoms with van der Waals surface area (Å²) in [6.07, 6.45) is 0. The normalized spacial score (nSPS) is 10.0. The van der Waals surface area contributed by atoms with Gasteiger partial charge in [-0.3, -0.25) is 20.4 Å². The van der Waals surface area contributed by atoms with Gasteiger partial charge in [-0.1, -0.05) is 11.6 Å². The maximum Gasteiger partial charge on any atom is 0.276 e. The molecule has 2 aromatic rings. The molecular weight excluding hydrogens is 358 g/mol. The van der Waals surface area contributed by atoms with E-state index in [9.17, 15) is 18.4 Å². The molecule has 2 rings (SSSR count). The zero-order chi connectivity index (χ0) is 18.2. The molecule has 0 saturated carbocycles. The molecule has 132 valence electrons. The van der Waals surface area contributed by atoms with Gasteiger partial charge in [-0.25, -0.2) is 8.78 Å². The molecule has 0 aliphatic carbocycles. The number of amides is 2. The Morgan fingerprint density at radius 3 is 2.04 bits per heavy atom. The maximum absolute atomic E-state index is 12.9. The van der Waals surface area contributed by atoms with E-state index in [0.717, 1.165) is 12.1 Å². The molecular formula is C16H13ClF2N2O4. The van der Waals surface area contributed by atoms with Gasteiger partial charge in [-0.2, -0.15) is 0 Å². The first-order valence-electron chi connectivity index (χ1n) is 6.98. The van der Waals surface area contributed by atoms with Crippen LogP contribution in [0, 0.1) is 11.6 Å². The number of nitrogens with one attached hydrogen (secondary N) is 2. The summed E-state index contributed by atoms with van der Waals surface area (Å²) in [5, 5.41) is 0.0181. The Morgan fingerprint density at radius 2 is 1.44 bits per heavy atom. The number of rotatable bonds is 6. The highest BCUT2D eigenvalue weighted by Crippen LogP contribution is 2.24. The second-order valence-electron chi connectivity index (χ2n) is 4.70. The van der Waals surface area contributed by atoms with Crippen molar-refractivity contribution in [1.29, 1.82) is 0 Å². The third-order valence-corrected chi connectivity index (χ3v) is 3.07. The van der Waals surface area contributed by atoms with Crippen molar-refractivity contribution in [3.8, 4) is 11.5 Å². The van der Waals surface area contributed by atoms with Gasteiger partial charge >= 0.3 is 0 Å². The Hall–Kier alpha value is -2.87. The molecule has 0 aliphatic heterocycles. The first kappa shape index (κ1) is 18.5. The fourth-order valence-electron chi connectivity index (χ4n) is 1.63. The van der Waals surface area contributed by atoms with Gasteiger partial charge in [0, 0.05) is 0 Å². The topological polar surface area (TPSA) is 76.7 Å². The molecule has 2 aromatic carbocycles. The number of halogens is 3. The summed E-state index contributed by atoms with van der Waals surface area (Å²) in [5.41, 5.74) is 4.22. The molecule has 2 N–H and O–H groups in total. The van der Waals surface area contributed by atoms with E-state index in [2.05, 4.69) is 10.9 Å². The summed E-state index contributed by atoms with van der Waals surface area (Å²) in [7, 11) is 0. The number of hydrazine groups is 1. The van der Waals surface area contributed by atoms with Gasteiger partial charge in [0.05, 0.1) is 5.02 Å². The maximum atomic E-state index is 12.9. The van der Waals surface area contributed by atoms with Gasteiger partial charge in [0.2, 0.25) is 0 Å². The molecule has 0 aromatic heterocycles. The molecule has 2 amide bonds. The van der Waals surface area contributed by atoms with E-state index in [4.69, 9.17) is 21.1 Å². The second-order valence-corrected chi connectivity index (χ2v) is 5.11. The molecule has 0 radical (unpaired) electrons. The lowest BCUT2D eigenvalue weighted by Crippen LogP contribution is -2.45. The summed E-state index contributed by atoms with van der Waals surface area (Å²) >= 11 is 5.74. The smallest absolute Gasteiger partial charge is 0.276 e. The van der Waals surface area contributed by atoms with Crippen LogP contribution >= 0.6 is 11.6 Å². The molecule has 0 spiro atoms. The van der Waals surface area contributed by atoms with Crippen molar-refractivity contribution in [3.05, 3.63) is 59.1 Å². The van der Waals surface area contributed by atoms with E-state index in [1.807, 2.05) is 0 Å². The van der Waals surface area contributed by atoms with Gasteiger partial charge < -0.3 is 9.47 Å². The molecule has 0 bridgehead atoms. The quantitative estimate of drug-likeness (QED) is 0.764. The molecule has 0 heterocycles. The molecule has 0 aliphatic rings. The fraction of sp³-hybridized carbons (Fsp3) is 0.125. The molecule has 6 nitrogen and oxygen atoms in total. The molecule has 0 fully saturated rings. The number of hydrogen-bond acceptors (Lipinski definition) is 4. The minimum absolute atomic E-state index is 0.0181. The van der Waals surface area contributed by atoms with Crippen LogP contribution in [-0.4, -0.2) is 25.0 Å². The highest BCUT2D eigenvalue weighted by atomic mass is 35.5. The van der Waals surface area contributed by atoms with E-state index in [1.54, 1.807) is 0 Å². The van der Waals surface area contributed by atoms with E-state index in [1.165, 1.54) is 30.3 Å². The lowest BCUT2D eigenvalue weighted by molar-refractivity contribution is -0.131. The second kappa shape index (κ2) is 8.84. The van der Waals surface area contributed by atoms with E-state index < -0.39 is 30.1 Å². The molecule has 9 heteroatoms. The van der Waals surface area contributed by atoms with E-state index in [-0.39, 0.29) is 17.4 Å². The summed E-state index contributed by atoms with van der Waals surface area (Å²) < 4.78 is 35.8. The highest BCUT2D eigenvalue weighted by molar-refractivity contribution is 6.32. The largest absolute Gasteiger partial charge is 0.484 e. The van der Waals surface area contributed by atoms with Crippen molar-refractivity contribution in [2.75, 3.05) is 13.2 Å². The summed E-state index contributed by atoms with van der Waals surface area (Å²) in [4.78, 5) is 23.1. The van der Waals surface area contributed by atoms with Crippen LogP contribution in [0.5, 0.6) is 11.5 Å². The van der Waals surface area contributed by atoms with Crippen molar-refractivity contribution < 1.29 is 27.8 Å². The Labute approximate surface area is 146 Å². The summed E-state index contributed by atoms with van der Waals surface area (Å²) in [6.45, 7) is -0.818. The Bertz CT molecular complexity index is 756. The van der Waals surface area contributed by atoms with Crippen molar-refractivity contribution in [3.63, 3.8) is 0 Å². The van der Waals surface area contributed by atoms with Gasteiger partial charge in [0.25, 0.3) is 11.8 Å². The predicted molar refractivity (Wildman–Crippen MR) is 85.1 cm³/mol. The number of carbonyl (C=O) groups excluding carboxylic acids is 2. The van der Waals surface area contributed by atoms with Crippen LogP contribution < -0.4 is 20.3 Å². The van der Waals surface area contributed by atoms with Crippen molar-refractivity contribution in [2.45, 2.75) is 0 Å². The van der Waals surface area contributed by atoms with Gasteiger partial charge in [0.15, 0.2) is 13.2 Å². The summed E-state index contributed by atoms with van der Waals surface area (Å²) in [5.74, 6) is -1.81. The zero-order valence-electron chi connectivity index (χ0n) is 12.7. The minimum atomic E-state index is -0.657. The van der Waals surface area contributed by atoms with Crippen LogP contribution in [0.1, 0.15) is 0 Å². The van der Waals surface area contributed by atoms with E-state index >= 15 is 0 Å². The predicted octanol–water partition coefficient (Wildman–Crippen LogP) is 2.22. The van der Waals surface area contributed by atoms with E-state index in [0.29, 0.717) is 5.75 Å². The standard InChI is InChI=1S/C16H13ClF2N2O4/c17-13-7-11(19)3-6-14(13)25-9-16(23)21-20-15(22)8-24-12-4-1-10(18)2-5-12/h1-7H,8-9H2,(H,20,22)(H,21,23). The molecule has 25 heavy (non-hydrogen) atoms. The van der Waals surface area contributed by atoms with Crippen LogP contribution in [0.2, 0.25) is 5.02 Å². The molecule has 0 atom stereocenters. The molecule has 0 saturated heterocycles. The minimum Gasteiger partial charge on any atom is -0.484 e. The van der Waals surface area contributed by atoms with Gasteiger partial charge in [0.1, 0.15) is 23.1 Å². The molecule has 0 unspecified atom stereocenters. The average Bonchev–Trinajstić information content (AvgIpc) is 2.58. The SMILES string of the molecule is O=C(COc1ccc(F)cc1)NNC(=O)COc1ccc(F)cc1Cl. The Morgan fingerprint density at radius 1 is 0.880 bits per heavy atom. The number of carbonyl (C=O) groups is 2. The van der Waals surface area contributed by atoms with Crippen molar-refractivity contribution >= 4 is 23.4 Å².